The number of ether oxygens (including phenoxy) is 4. The van der Waals surface area contributed by atoms with Crippen molar-refractivity contribution >= 4 is 51.8 Å². The minimum Gasteiger partial charge on any atom is -0.497 e. The molecular weight excluding hydrogens is 765 g/mol. The fraction of sp³-hybridized carbons (Fsp3) is 0.106. The number of nitrogens with two attached hydrogens (primary N) is 2. The molecule has 13 heteroatoms. The van der Waals surface area contributed by atoms with Crippen LogP contribution in [0.15, 0.2) is 109 Å². The van der Waals surface area contributed by atoms with Crippen LogP contribution < -0.4 is 30.4 Å². The van der Waals surface area contributed by atoms with Gasteiger partial charge in [-0.15, -0.1) is 0 Å². The molecule has 0 saturated carbocycles. The van der Waals surface area contributed by atoms with E-state index in [1.807, 2.05) is 6.07 Å². The minimum atomic E-state index is -0.245. The van der Waals surface area contributed by atoms with Gasteiger partial charge in [0.1, 0.15) is 34.3 Å². The van der Waals surface area contributed by atoms with E-state index in [4.69, 9.17) is 30.4 Å². The van der Waals surface area contributed by atoms with Gasteiger partial charge in [-0.2, -0.15) is 0 Å². The molecule has 2 aliphatic carbocycles. The SMILES string of the molecule is C.COc1ccc(OC)c(-c2nc3c4c(ccc3[nH]2)C(=O)c2ccccc2C4=O)c1.COc1ccc(OC)c(C=O)c1.Nc1ccc2c(c1N)C(=O)c1ccccc1C2=O. The first-order valence-corrected chi connectivity index (χ1v) is 18.0. The average molecular weight is 805 g/mol. The summed E-state index contributed by atoms with van der Waals surface area (Å²) in [5.41, 5.74) is 17.2. The maximum Gasteiger partial charge on any atom is 0.196 e. The van der Waals surface area contributed by atoms with Gasteiger partial charge in [0.05, 0.1) is 67.6 Å². The number of carbonyl (C=O) groups is 5. The third kappa shape index (κ3) is 7.31. The van der Waals surface area contributed by atoms with Crippen LogP contribution in [-0.2, 0) is 0 Å². The van der Waals surface area contributed by atoms with Gasteiger partial charge in [0.25, 0.3) is 0 Å². The average Bonchev–Trinajstić information content (AvgIpc) is 3.72. The lowest BCUT2D eigenvalue weighted by molar-refractivity contribution is 0.0980. The maximum atomic E-state index is 13.2. The van der Waals surface area contributed by atoms with Crippen LogP contribution in [-0.4, -0.2) is 67.8 Å². The Labute approximate surface area is 344 Å². The number of aldehydes is 1. The number of methoxy groups -OCH3 is 4. The maximum absolute atomic E-state index is 13.2. The van der Waals surface area contributed by atoms with Crippen molar-refractivity contribution in [2.24, 2.45) is 0 Å². The highest BCUT2D eigenvalue weighted by molar-refractivity contribution is 6.32. The smallest absolute Gasteiger partial charge is 0.196 e. The summed E-state index contributed by atoms with van der Waals surface area (Å²) in [4.78, 5) is 69.2. The second-order valence-corrected chi connectivity index (χ2v) is 13.2. The van der Waals surface area contributed by atoms with E-state index in [0.29, 0.717) is 95.6 Å². The molecule has 9 rings (SSSR count). The molecule has 0 bridgehead atoms. The van der Waals surface area contributed by atoms with Crippen LogP contribution in [0.4, 0.5) is 11.4 Å². The predicted octanol–water partition coefficient (Wildman–Crippen LogP) is 7.80. The van der Waals surface area contributed by atoms with Gasteiger partial charge >= 0.3 is 0 Å². The summed E-state index contributed by atoms with van der Waals surface area (Å²) < 4.78 is 20.7. The molecule has 0 spiro atoms. The van der Waals surface area contributed by atoms with Crippen LogP contribution in [0.2, 0.25) is 0 Å². The van der Waals surface area contributed by atoms with Crippen molar-refractivity contribution in [2.75, 3.05) is 39.9 Å². The van der Waals surface area contributed by atoms with Crippen molar-refractivity contribution in [3.8, 4) is 34.4 Å². The summed E-state index contributed by atoms with van der Waals surface area (Å²) in [5.74, 6) is 2.22. The predicted molar refractivity (Wildman–Crippen MR) is 228 cm³/mol. The zero-order valence-electron chi connectivity index (χ0n) is 32.2. The number of nitrogens with zero attached hydrogens (tertiary/aromatic N) is 1. The van der Waals surface area contributed by atoms with Gasteiger partial charge in [0.2, 0.25) is 0 Å². The van der Waals surface area contributed by atoms with Gasteiger partial charge in [-0.3, -0.25) is 24.0 Å². The molecule has 0 aliphatic heterocycles. The van der Waals surface area contributed by atoms with E-state index in [1.54, 1.807) is 124 Å². The van der Waals surface area contributed by atoms with Crippen molar-refractivity contribution in [3.63, 3.8) is 0 Å². The highest BCUT2D eigenvalue weighted by atomic mass is 16.5. The fourth-order valence-electron chi connectivity index (χ4n) is 6.94. The summed E-state index contributed by atoms with van der Waals surface area (Å²) in [7, 11) is 6.24. The number of H-pyrrole nitrogens is 1. The highest BCUT2D eigenvalue weighted by Gasteiger charge is 2.33. The van der Waals surface area contributed by atoms with Crippen LogP contribution in [0.25, 0.3) is 22.4 Å². The van der Waals surface area contributed by atoms with Crippen molar-refractivity contribution in [2.45, 2.75) is 7.43 Å². The molecule has 0 radical (unpaired) electrons. The van der Waals surface area contributed by atoms with Gasteiger partial charge in [-0.25, -0.2) is 4.98 Å². The van der Waals surface area contributed by atoms with E-state index < -0.39 is 0 Å². The van der Waals surface area contributed by atoms with Crippen molar-refractivity contribution < 1.29 is 42.9 Å². The van der Waals surface area contributed by atoms with Gasteiger partial charge in [0.15, 0.2) is 29.4 Å². The minimum absolute atomic E-state index is 0. The Morgan fingerprint density at radius 1 is 0.533 bits per heavy atom. The number of aromatic amines is 1. The molecule has 0 amide bonds. The van der Waals surface area contributed by atoms with Crippen molar-refractivity contribution in [1.29, 1.82) is 0 Å². The van der Waals surface area contributed by atoms with Crippen LogP contribution in [0, 0.1) is 0 Å². The molecule has 302 valence electrons. The van der Waals surface area contributed by atoms with Crippen LogP contribution in [0.1, 0.15) is 81.5 Å². The monoisotopic (exact) mass is 804 g/mol. The number of anilines is 2. The number of nitrogen functional groups attached to an aromatic ring is 2. The topological polar surface area (TPSA) is 203 Å². The first-order chi connectivity index (χ1) is 28.5. The Balaban J connectivity index is 0.000000166. The Morgan fingerprint density at radius 3 is 1.58 bits per heavy atom. The first kappa shape index (κ1) is 41.6. The summed E-state index contributed by atoms with van der Waals surface area (Å²) >= 11 is 0. The zero-order chi connectivity index (χ0) is 42.0. The number of imidazole rings is 1. The Morgan fingerprint density at radius 2 is 1.03 bits per heavy atom. The van der Waals surface area contributed by atoms with E-state index in [0.717, 1.165) is 6.29 Å². The molecule has 13 nitrogen and oxygen atoms in total. The molecular formula is C47H40N4O9. The van der Waals surface area contributed by atoms with E-state index in [1.165, 1.54) is 7.11 Å². The molecule has 0 fully saturated rings. The molecule has 5 N–H and O–H groups in total. The number of fused-ring (bicyclic) bond motifs is 6. The lowest BCUT2D eigenvalue weighted by Gasteiger charge is -2.19. The van der Waals surface area contributed by atoms with E-state index in [9.17, 15) is 24.0 Å². The number of ketones is 4. The van der Waals surface area contributed by atoms with Gasteiger partial charge in [0, 0.05) is 33.4 Å². The van der Waals surface area contributed by atoms with Crippen molar-refractivity contribution in [1.82, 2.24) is 9.97 Å². The molecule has 6 aromatic carbocycles. The molecule has 60 heavy (non-hydrogen) atoms. The molecule has 0 saturated heterocycles. The van der Waals surface area contributed by atoms with E-state index in [-0.39, 0.29) is 41.8 Å². The van der Waals surface area contributed by atoms with Crippen LogP contribution in [0.5, 0.6) is 23.0 Å². The Kier molecular flexibility index (Phi) is 11.9. The normalized spacial score (nSPS) is 11.9. The number of benzene rings is 6. The number of aromatic nitrogens is 2. The van der Waals surface area contributed by atoms with E-state index in [2.05, 4.69) is 9.97 Å². The molecule has 1 heterocycles. The zero-order valence-corrected chi connectivity index (χ0v) is 32.2. The number of rotatable bonds is 6. The number of hydrogen-bond acceptors (Lipinski definition) is 12. The van der Waals surface area contributed by atoms with Gasteiger partial charge < -0.3 is 35.4 Å². The summed E-state index contributed by atoms with van der Waals surface area (Å²) in [5, 5.41) is 0. The van der Waals surface area contributed by atoms with Crippen molar-refractivity contribution in [3.05, 3.63) is 159 Å². The number of hydrogen-bond donors (Lipinski definition) is 3. The molecule has 2 aliphatic rings. The second kappa shape index (κ2) is 17.2. The van der Waals surface area contributed by atoms with Gasteiger partial charge in [-0.05, 0) is 60.7 Å². The van der Waals surface area contributed by atoms with Crippen LogP contribution in [0.3, 0.4) is 0 Å². The summed E-state index contributed by atoms with van der Waals surface area (Å²) in [6.07, 6.45) is 0.737. The standard InChI is InChI=1S/C23H16N2O4.C14H10N2O2.C9H10O3.CH4/c1-28-12-7-10-18(29-2)16(11-12)23-24-17-9-8-15-19(20(17)25-23)22(27)14-6-4-3-5-13(14)21(15)26;15-10-6-5-9-11(12(10)16)14(18)8-4-2-1-3-7(8)13(9)17;1-11-8-3-4-9(12-2)7(5-8)6-10;/h3-11H,1-2H3,(H,24,25);1-6H,15-16H2;3-6H,1-2H3;1H4. The largest absolute Gasteiger partial charge is 0.497 e. The lowest BCUT2D eigenvalue weighted by atomic mass is 9.83. The first-order valence-electron chi connectivity index (χ1n) is 18.0. The molecule has 0 atom stereocenters. The lowest BCUT2D eigenvalue weighted by Crippen LogP contribution is -2.22. The Hall–Kier alpha value is -8.06. The van der Waals surface area contributed by atoms with Crippen LogP contribution >= 0.6 is 0 Å². The fourth-order valence-corrected chi connectivity index (χ4v) is 6.94. The third-order valence-electron chi connectivity index (χ3n) is 9.94. The molecule has 0 unspecified atom stereocenters. The molecule has 1 aromatic heterocycles. The highest BCUT2D eigenvalue weighted by Crippen LogP contribution is 2.37. The second-order valence-electron chi connectivity index (χ2n) is 13.2. The van der Waals surface area contributed by atoms with E-state index >= 15 is 0 Å². The number of nitrogens with one attached hydrogen (secondary N) is 1. The summed E-state index contributed by atoms with van der Waals surface area (Å²) in [6.45, 7) is 0. The molecule has 7 aromatic rings. The quantitative estimate of drug-likeness (QED) is 0.109. The van der Waals surface area contributed by atoms with Gasteiger partial charge in [-0.1, -0.05) is 56.0 Å². The summed E-state index contributed by atoms with van der Waals surface area (Å²) in [6, 6.07) is 30.6. The third-order valence-corrected chi connectivity index (χ3v) is 9.94. The number of carbonyl (C=O) groups excluding carboxylic acids is 5. The Bertz CT molecular complexity index is 2860.